The second-order valence-corrected chi connectivity index (χ2v) is 6.96. The van der Waals surface area contributed by atoms with Crippen LogP contribution in [0.25, 0.3) is 0 Å². The summed E-state index contributed by atoms with van der Waals surface area (Å²) in [5.74, 6) is 1.14. The summed E-state index contributed by atoms with van der Waals surface area (Å²) in [6, 6.07) is 12.9. The summed E-state index contributed by atoms with van der Waals surface area (Å²) in [5, 5.41) is 0.866. The van der Waals surface area contributed by atoms with Gasteiger partial charge in [-0.15, -0.1) is 5.06 Å². The fourth-order valence-electron chi connectivity index (χ4n) is 3.78. The van der Waals surface area contributed by atoms with Gasteiger partial charge in [-0.2, -0.15) is 0 Å². The van der Waals surface area contributed by atoms with Gasteiger partial charge in [0.1, 0.15) is 23.6 Å². The normalized spacial score (nSPS) is 16.3. The van der Waals surface area contributed by atoms with Crippen LogP contribution in [0.1, 0.15) is 49.3 Å². The molecule has 0 saturated heterocycles. The van der Waals surface area contributed by atoms with E-state index in [-0.39, 0.29) is 6.10 Å². The van der Waals surface area contributed by atoms with Gasteiger partial charge >= 0.3 is 12.2 Å². The van der Waals surface area contributed by atoms with Gasteiger partial charge in [0, 0.05) is 11.1 Å². The number of nitrogens with two attached hydrogens (primary N) is 1. The zero-order valence-corrected chi connectivity index (χ0v) is 15.4. The van der Waals surface area contributed by atoms with Crippen LogP contribution in [0.15, 0.2) is 48.5 Å². The Hall–Kier alpha value is -3.22. The molecule has 1 fully saturated rings. The summed E-state index contributed by atoms with van der Waals surface area (Å²) in [6.45, 7) is 0. The average Bonchev–Trinajstić information content (AvgIpc) is 2.71. The zero-order chi connectivity index (χ0) is 19.5. The van der Waals surface area contributed by atoms with Gasteiger partial charge in [-0.25, -0.2) is 9.59 Å². The Morgan fingerprint density at radius 2 is 1.50 bits per heavy atom. The maximum absolute atomic E-state index is 12.4. The van der Waals surface area contributed by atoms with E-state index in [4.69, 9.17) is 20.0 Å². The summed E-state index contributed by atoms with van der Waals surface area (Å²) < 4.78 is 11.3. The molecule has 28 heavy (non-hydrogen) atoms. The average molecular weight is 382 g/mol. The first-order valence-corrected chi connectivity index (χ1v) is 9.46. The summed E-state index contributed by atoms with van der Waals surface area (Å²) in [6.07, 6.45) is 3.65. The van der Waals surface area contributed by atoms with Gasteiger partial charge in [-0.05, 0) is 37.8 Å². The van der Waals surface area contributed by atoms with Crippen LogP contribution in [0.4, 0.5) is 9.59 Å². The number of para-hydroxylation sites is 2. The topological polar surface area (TPSA) is 91.1 Å². The van der Waals surface area contributed by atoms with Crippen molar-refractivity contribution >= 4 is 12.2 Å². The van der Waals surface area contributed by atoms with Gasteiger partial charge in [0.05, 0.1) is 0 Å². The number of nitrogens with zero attached hydrogens (tertiary/aromatic N) is 1. The lowest BCUT2D eigenvalue weighted by Gasteiger charge is -2.34. The number of ether oxygens (including phenoxy) is 2. The van der Waals surface area contributed by atoms with Crippen LogP contribution in [-0.4, -0.2) is 23.4 Å². The summed E-state index contributed by atoms with van der Waals surface area (Å²) >= 11 is 0. The number of primary amides is 1. The number of benzene rings is 2. The highest BCUT2D eigenvalue weighted by Crippen LogP contribution is 2.45. The Morgan fingerprint density at radius 3 is 2.07 bits per heavy atom. The zero-order valence-electron chi connectivity index (χ0n) is 15.4. The summed E-state index contributed by atoms with van der Waals surface area (Å²) in [7, 11) is 0. The number of hydrogen-bond donors (Lipinski definition) is 1. The molecule has 2 amide bonds. The predicted octanol–water partition coefficient (Wildman–Crippen LogP) is 4.66. The number of amides is 2. The molecule has 0 atom stereocenters. The molecule has 2 N–H and O–H groups in total. The highest BCUT2D eigenvalue weighted by atomic mass is 16.8. The van der Waals surface area contributed by atoms with E-state index in [1.165, 1.54) is 0 Å². The van der Waals surface area contributed by atoms with Gasteiger partial charge in [-0.3, -0.25) is 0 Å². The first-order valence-electron chi connectivity index (χ1n) is 9.46. The molecule has 146 valence electrons. The fourth-order valence-corrected chi connectivity index (χ4v) is 3.78. The first kappa shape index (κ1) is 18.2. The Morgan fingerprint density at radius 1 is 0.929 bits per heavy atom. The molecular formula is C21H22N2O5. The lowest BCUT2D eigenvalue weighted by atomic mass is 9.94. The van der Waals surface area contributed by atoms with E-state index in [1.54, 1.807) is 12.1 Å². The molecule has 7 heteroatoms. The molecule has 0 bridgehead atoms. The van der Waals surface area contributed by atoms with Gasteiger partial charge < -0.3 is 20.0 Å². The first-order chi connectivity index (χ1) is 13.6. The number of carbonyl (C=O) groups excluding carboxylic acids is 2. The maximum atomic E-state index is 12.4. The molecule has 4 rings (SSSR count). The number of rotatable bonds is 2. The van der Waals surface area contributed by atoms with Gasteiger partial charge in [0.2, 0.25) is 0 Å². The van der Waals surface area contributed by atoms with E-state index in [0.717, 1.165) is 37.2 Å². The Kier molecular flexibility index (Phi) is 5.06. The van der Waals surface area contributed by atoms with Crippen LogP contribution in [0, 0.1) is 0 Å². The maximum Gasteiger partial charge on any atom is 0.533 e. The van der Waals surface area contributed by atoms with Crippen molar-refractivity contribution in [3.63, 3.8) is 0 Å². The predicted molar refractivity (Wildman–Crippen MR) is 101 cm³/mol. The smallest absolute Gasteiger partial charge is 0.457 e. The van der Waals surface area contributed by atoms with E-state index in [1.807, 2.05) is 36.4 Å². The molecule has 7 nitrogen and oxygen atoms in total. The Labute approximate surface area is 162 Å². The molecule has 2 aromatic rings. The molecule has 0 spiro atoms. The number of fused-ring (bicyclic) bond motifs is 2. The highest BCUT2D eigenvalue weighted by Gasteiger charge is 2.37. The second-order valence-electron chi connectivity index (χ2n) is 6.96. The van der Waals surface area contributed by atoms with Crippen LogP contribution in [0.2, 0.25) is 0 Å². The van der Waals surface area contributed by atoms with Crippen molar-refractivity contribution in [3.8, 4) is 11.5 Å². The van der Waals surface area contributed by atoms with Crippen LogP contribution < -0.4 is 10.5 Å². The van der Waals surface area contributed by atoms with E-state index < -0.39 is 18.2 Å². The fraction of sp³-hybridized carbons (Fsp3) is 0.333. The van der Waals surface area contributed by atoms with E-state index in [2.05, 4.69) is 0 Å². The van der Waals surface area contributed by atoms with Crippen LogP contribution in [0.5, 0.6) is 11.5 Å². The minimum absolute atomic E-state index is 0.190. The number of hydrogen-bond acceptors (Lipinski definition) is 5. The monoisotopic (exact) mass is 382 g/mol. The molecule has 0 aromatic heterocycles. The minimum atomic E-state index is -0.924. The molecule has 0 radical (unpaired) electrons. The Balaban J connectivity index is 1.62. The minimum Gasteiger partial charge on any atom is -0.457 e. The van der Waals surface area contributed by atoms with E-state index in [9.17, 15) is 9.59 Å². The Bertz CT molecular complexity index is 833. The summed E-state index contributed by atoms with van der Waals surface area (Å²) in [4.78, 5) is 29.9. The van der Waals surface area contributed by atoms with Gasteiger partial charge in [-0.1, -0.05) is 42.8 Å². The quantitative estimate of drug-likeness (QED) is 0.602. The lowest BCUT2D eigenvalue weighted by molar-refractivity contribution is -0.119. The van der Waals surface area contributed by atoms with Crippen molar-refractivity contribution in [3.05, 3.63) is 59.7 Å². The van der Waals surface area contributed by atoms with Crippen molar-refractivity contribution in [2.24, 2.45) is 5.73 Å². The third-order valence-corrected chi connectivity index (χ3v) is 5.09. The van der Waals surface area contributed by atoms with E-state index >= 15 is 0 Å². The third-order valence-electron chi connectivity index (χ3n) is 5.09. The second kappa shape index (κ2) is 7.80. The molecule has 1 heterocycles. The summed E-state index contributed by atoms with van der Waals surface area (Å²) in [5.41, 5.74) is 6.92. The van der Waals surface area contributed by atoms with Crippen LogP contribution in [0.3, 0.4) is 0 Å². The standard InChI is InChI=1S/C21H22N2O5/c22-20(24)23(28-21(25)26-14-8-2-1-3-9-14)19-15-10-4-6-12-17(15)27-18-13-7-5-11-16(18)19/h4-7,10-14,19H,1-3,8-9H2,(H2,22,24). The number of hydroxylamine groups is 2. The molecule has 2 aromatic carbocycles. The molecule has 1 aliphatic heterocycles. The van der Waals surface area contributed by atoms with Crippen LogP contribution in [-0.2, 0) is 9.57 Å². The number of urea groups is 1. The highest BCUT2D eigenvalue weighted by molar-refractivity contribution is 5.75. The molecule has 0 unspecified atom stereocenters. The van der Waals surface area contributed by atoms with Crippen LogP contribution >= 0.6 is 0 Å². The largest absolute Gasteiger partial charge is 0.533 e. The van der Waals surface area contributed by atoms with Crippen molar-refractivity contribution in [2.75, 3.05) is 0 Å². The van der Waals surface area contributed by atoms with Gasteiger partial charge in [0.15, 0.2) is 0 Å². The lowest BCUT2D eigenvalue weighted by Crippen LogP contribution is -2.42. The number of carbonyl (C=O) groups is 2. The molecule has 1 aliphatic carbocycles. The molecular weight excluding hydrogens is 360 g/mol. The van der Waals surface area contributed by atoms with Crippen molar-refractivity contribution in [2.45, 2.75) is 44.2 Å². The third kappa shape index (κ3) is 3.60. The van der Waals surface area contributed by atoms with Crippen molar-refractivity contribution in [1.82, 2.24) is 5.06 Å². The molecule has 2 aliphatic rings. The van der Waals surface area contributed by atoms with E-state index in [0.29, 0.717) is 22.6 Å². The SMILES string of the molecule is NC(=O)N(OC(=O)OC1CCCCC1)C1c2ccccc2Oc2ccccc21. The van der Waals surface area contributed by atoms with Gasteiger partial charge in [0.25, 0.3) is 0 Å². The molecule has 1 saturated carbocycles. The van der Waals surface area contributed by atoms with Crippen molar-refractivity contribution in [1.29, 1.82) is 0 Å². The van der Waals surface area contributed by atoms with Crippen molar-refractivity contribution < 1.29 is 23.9 Å².